The molecule has 0 spiro atoms. The molecule has 5 nitrogen and oxygen atoms in total. The van der Waals surface area contributed by atoms with Gasteiger partial charge in [-0.15, -0.1) is 0 Å². The first-order valence-electron chi connectivity index (χ1n) is 12.1. The van der Waals surface area contributed by atoms with Crippen LogP contribution >= 0.6 is 0 Å². The molecule has 166 valence electrons. The fraction of sp³-hybridized carbons (Fsp3) is 0.720. The van der Waals surface area contributed by atoms with E-state index in [2.05, 4.69) is 33.7 Å². The zero-order valence-electron chi connectivity index (χ0n) is 18.6. The van der Waals surface area contributed by atoms with Crippen molar-refractivity contribution in [1.29, 1.82) is 0 Å². The highest BCUT2D eigenvalue weighted by atomic mass is 16.5. The fourth-order valence-corrected chi connectivity index (χ4v) is 5.50. The van der Waals surface area contributed by atoms with Crippen LogP contribution in [0.25, 0.3) is 0 Å². The number of carbonyl (C=O) groups is 1. The summed E-state index contributed by atoms with van der Waals surface area (Å²) in [5.41, 5.74) is 3.00. The molecular weight excluding hydrogens is 374 g/mol. The number of rotatable bonds is 7. The molecule has 0 bridgehead atoms. The Hall–Kier alpha value is -1.59. The topological polar surface area (TPSA) is 53.6 Å². The average Bonchev–Trinajstić information content (AvgIpc) is 2.82. The minimum atomic E-state index is 0.212. The van der Waals surface area contributed by atoms with Gasteiger partial charge in [-0.1, -0.05) is 6.07 Å². The van der Waals surface area contributed by atoms with Crippen LogP contribution in [0, 0.1) is 11.8 Å². The smallest absolute Gasteiger partial charge is 0.226 e. The van der Waals surface area contributed by atoms with Gasteiger partial charge >= 0.3 is 0 Å². The quantitative estimate of drug-likeness (QED) is 0.674. The Morgan fingerprint density at radius 1 is 1.20 bits per heavy atom. The average molecular weight is 414 g/mol. The van der Waals surface area contributed by atoms with Gasteiger partial charge in [0, 0.05) is 25.7 Å². The number of nitrogens with one attached hydrogen (secondary N) is 2. The second-order valence-corrected chi connectivity index (χ2v) is 9.48. The SMILES string of the molecule is COc1ccc2c(c1)CC(CCCNC1CCN(C(=O)C3CCCNC3)CC1)CC2. The molecule has 3 aliphatic rings. The van der Waals surface area contributed by atoms with Gasteiger partial charge in [-0.05, 0) is 100 Å². The van der Waals surface area contributed by atoms with Crippen molar-refractivity contribution in [2.24, 2.45) is 11.8 Å². The second-order valence-electron chi connectivity index (χ2n) is 9.48. The van der Waals surface area contributed by atoms with Crippen molar-refractivity contribution < 1.29 is 9.53 Å². The Balaban J connectivity index is 1.12. The van der Waals surface area contributed by atoms with Crippen LogP contribution in [0.3, 0.4) is 0 Å². The number of fused-ring (bicyclic) bond motifs is 1. The lowest BCUT2D eigenvalue weighted by molar-refractivity contribution is -0.137. The number of likely N-dealkylation sites (tertiary alicyclic amines) is 1. The third-order valence-corrected chi connectivity index (χ3v) is 7.42. The first kappa shape index (κ1) is 21.6. The third-order valence-electron chi connectivity index (χ3n) is 7.42. The number of carbonyl (C=O) groups excluding carboxylic acids is 1. The summed E-state index contributed by atoms with van der Waals surface area (Å²) in [6, 6.07) is 7.15. The normalized spacial score (nSPS) is 25.0. The van der Waals surface area contributed by atoms with E-state index in [1.165, 1.54) is 43.2 Å². The number of hydrogen-bond acceptors (Lipinski definition) is 4. The molecule has 2 atom stereocenters. The highest BCUT2D eigenvalue weighted by molar-refractivity contribution is 5.79. The zero-order chi connectivity index (χ0) is 20.8. The number of amides is 1. The summed E-state index contributed by atoms with van der Waals surface area (Å²) < 4.78 is 5.40. The van der Waals surface area contributed by atoms with Gasteiger partial charge in [0.25, 0.3) is 0 Å². The van der Waals surface area contributed by atoms with E-state index in [4.69, 9.17) is 4.74 Å². The first-order valence-corrected chi connectivity index (χ1v) is 12.1. The summed E-state index contributed by atoms with van der Waals surface area (Å²) in [4.78, 5) is 14.8. The Bertz CT molecular complexity index is 694. The van der Waals surface area contributed by atoms with Gasteiger partial charge < -0.3 is 20.3 Å². The van der Waals surface area contributed by atoms with E-state index in [9.17, 15) is 4.79 Å². The van der Waals surface area contributed by atoms with Crippen molar-refractivity contribution in [2.75, 3.05) is 39.8 Å². The molecule has 5 heteroatoms. The molecule has 1 aromatic rings. The number of nitrogens with zero attached hydrogens (tertiary/aromatic N) is 1. The van der Waals surface area contributed by atoms with Crippen molar-refractivity contribution in [3.8, 4) is 5.75 Å². The molecule has 1 amide bonds. The largest absolute Gasteiger partial charge is 0.497 e. The molecule has 0 aromatic heterocycles. The van der Waals surface area contributed by atoms with Crippen LogP contribution in [0.2, 0.25) is 0 Å². The molecule has 4 rings (SSSR count). The van der Waals surface area contributed by atoms with Gasteiger partial charge in [0.2, 0.25) is 5.91 Å². The van der Waals surface area contributed by atoms with E-state index in [1.54, 1.807) is 7.11 Å². The Morgan fingerprint density at radius 2 is 2.07 bits per heavy atom. The van der Waals surface area contributed by atoms with Crippen LogP contribution < -0.4 is 15.4 Å². The zero-order valence-corrected chi connectivity index (χ0v) is 18.6. The maximum atomic E-state index is 12.7. The molecule has 30 heavy (non-hydrogen) atoms. The lowest BCUT2D eigenvalue weighted by atomic mass is 9.81. The van der Waals surface area contributed by atoms with Crippen LogP contribution in [-0.2, 0) is 17.6 Å². The summed E-state index contributed by atoms with van der Waals surface area (Å²) in [6.45, 7) is 4.89. The van der Waals surface area contributed by atoms with E-state index < -0.39 is 0 Å². The summed E-state index contributed by atoms with van der Waals surface area (Å²) in [6.07, 6.45) is 10.7. The predicted molar refractivity (Wildman–Crippen MR) is 121 cm³/mol. The standard InChI is InChI=1S/C25H39N3O2/c1-30-24-9-8-20-7-6-19(16-22(20)17-24)4-2-13-27-23-10-14-28(15-11-23)25(29)21-5-3-12-26-18-21/h8-9,17,19,21,23,26-27H,2-7,10-16,18H2,1H3. The van der Waals surface area contributed by atoms with Gasteiger partial charge in [0.05, 0.1) is 13.0 Å². The van der Waals surface area contributed by atoms with E-state index in [0.29, 0.717) is 11.9 Å². The third kappa shape index (κ3) is 5.55. The number of piperidine rings is 2. The van der Waals surface area contributed by atoms with Crippen molar-refractivity contribution in [3.05, 3.63) is 29.3 Å². The van der Waals surface area contributed by atoms with Crippen molar-refractivity contribution in [3.63, 3.8) is 0 Å². The fourth-order valence-electron chi connectivity index (χ4n) is 5.50. The minimum Gasteiger partial charge on any atom is -0.497 e. The number of methoxy groups -OCH3 is 1. The Morgan fingerprint density at radius 3 is 2.83 bits per heavy atom. The summed E-state index contributed by atoms with van der Waals surface area (Å²) in [5.74, 6) is 2.38. The number of ether oxygens (including phenoxy) is 1. The van der Waals surface area contributed by atoms with Gasteiger partial charge in [-0.2, -0.15) is 0 Å². The van der Waals surface area contributed by atoms with Crippen LogP contribution in [-0.4, -0.2) is 56.7 Å². The van der Waals surface area contributed by atoms with Gasteiger partial charge in [-0.3, -0.25) is 4.79 Å². The molecule has 2 aliphatic heterocycles. The van der Waals surface area contributed by atoms with Crippen molar-refractivity contribution >= 4 is 5.91 Å². The molecule has 2 saturated heterocycles. The Kier molecular flexibility index (Phi) is 7.67. The number of aryl methyl sites for hydroxylation is 1. The highest BCUT2D eigenvalue weighted by Gasteiger charge is 2.29. The molecule has 1 aliphatic carbocycles. The molecule has 0 radical (unpaired) electrons. The summed E-state index contributed by atoms with van der Waals surface area (Å²) in [5, 5.41) is 7.14. The van der Waals surface area contributed by atoms with Crippen LogP contribution in [0.15, 0.2) is 18.2 Å². The van der Waals surface area contributed by atoms with Crippen molar-refractivity contribution in [2.45, 2.75) is 63.8 Å². The van der Waals surface area contributed by atoms with Gasteiger partial charge in [-0.25, -0.2) is 0 Å². The highest BCUT2D eigenvalue weighted by Crippen LogP contribution is 2.30. The minimum absolute atomic E-state index is 0.212. The molecule has 0 saturated carbocycles. The molecule has 2 heterocycles. The van der Waals surface area contributed by atoms with E-state index >= 15 is 0 Å². The molecule has 1 aromatic carbocycles. The second kappa shape index (κ2) is 10.6. The van der Waals surface area contributed by atoms with Gasteiger partial charge in [0.15, 0.2) is 0 Å². The van der Waals surface area contributed by atoms with Gasteiger partial charge in [0.1, 0.15) is 5.75 Å². The maximum absolute atomic E-state index is 12.7. The first-order chi connectivity index (χ1) is 14.7. The van der Waals surface area contributed by atoms with E-state index in [0.717, 1.165) is 70.1 Å². The number of hydrogen-bond donors (Lipinski definition) is 2. The van der Waals surface area contributed by atoms with Crippen LogP contribution in [0.1, 0.15) is 56.1 Å². The lowest BCUT2D eigenvalue weighted by Gasteiger charge is -2.35. The lowest BCUT2D eigenvalue weighted by Crippen LogP contribution is -2.49. The predicted octanol–water partition coefficient (Wildman–Crippen LogP) is 3.16. The molecule has 2 unspecified atom stereocenters. The molecular formula is C25H39N3O2. The summed E-state index contributed by atoms with van der Waals surface area (Å²) in [7, 11) is 1.75. The molecule has 2 N–H and O–H groups in total. The van der Waals surface area contributed by atoms with Crippen LogP contribution in [0.5, 0.6) is 5.75 Å². The maximum Gasteiger partial charge on any atom is 0.226 e. The number of benzene rings is 1. The summed E-state index contributed by atoms with van der Waals surface area (Å²) >= 11 is 0. The van der Waals surface area contributed by atoms with E-state index in [-0.39, 0.29) is 5.92 Å². The monoisotopic (exact) mass is 413 g/mol. The van der Waals surface area contributed by atoms with E-state index in [1.807, 2.05) is 0 Å². The van der Waals surface area contributed by atoms with Crippen LogP contribution in [0.4, 0.5) is 0 Å². The molecule has 2 fully saturated rings. The Labute approximate surface area is 181 Å². The van der Waals surface area contributed by atoms with Crippen molar-refractivity contribution in [1.82, 2.24) is 15.5 Å².